The Morgan fingerprint density at radius 2 is 1.96 bits per heavy atom. The zero-order valence-electron chi connectivity index (χ0n) is 16.0. The number of thiocarbonyl (C=S) groups is 1. The summed E-state index contributed by atoms with van der Waals surface area (Å²) in [7, 11) is 1.67. The number of aromatic nitrogens is 2. The lowest BCUT2D eigenvalue weighted by Crippen LogP contribution is -2.30. The molecule has 4 rings (SSSR count). The first-order valence-corrected chi connectivity index (χ1v) is 10.1. The van der Waals surface area contributed by atoms with Crippen molar-refractivity contribution in [2.24, 2.45) is 4.99 Å². The first kappa shape index (κ1) is 18.6. The van der Waals surface area contributed by atoms with Gasteiger partial charge in [0.1, 0.15) is 17.1 Å². The molecule has 0 aliphatic carbocycles. The number of hydrogen-bond acceptors (Lipinski definition) is 3. The lowest BCUT2D eigenvalue weighted by atomic mass is 10.2. The van der Waals surface area contributed by atoms with Crippen molar-refractivity contribution < 1.29 is 4.74 Å². The molecule has 0 radical (unpaired) electrons. The van der Waals surface area contributed by atoms with Crippen molar-refractivity contribution in [1.29, 1.82) is 0 Å². The van der Waals surface area contributed by atoms with Crippen molar-refractivity contribution in [3.63, 3.8) is 0 Å². The Morgan fingerprint density at radius 3 is 2.79 bits per heavy atom. The third-order valence-corrected chi connectivity index (χ3v) is 5.29. The summed E-state index contributed by atoms with van der Waals surface area (Å²) in [4.78, 5) is 9.69. The molecule has 6 heteroatoms. The van der Waals surface area contributed by atoms with Crippen LogP contribution < -0.4 is 15.5 Å². The van der Waals surface area contributed by atoms with E-state index in [1.807, 2.05) is 42.5 Å². The van der Waals surface area contributed by atoms with Gasteiger partial charge in [0.2, 0.25) is 0 Å². The van der Waals surface area contributed by atoms with Crippen molar-refractivity contribution in [2.45, 2.75) is 38.8 Å². The highest BCUT2D eigenvalue weighted by Crippen LogP contribution is 2.15. The van der Waals surface area contributed by atoms with Crippen LogP contribution in [-0.2, 0) is 19.5 Å². The topological polar surface area (TPSA) is 51.4 Å². The zero-order valence-corrected chi connectivity index (χ0v) is 16.8. The van der Waals surface area contributed by atoms with Crippen LogP contribution in [0.4, 0.5) is 0 Å². The molecule has 1 N–H and O–H groups in total. The van der Waals surface area contributed by atoms with Crippen LogP contribution in [0.25, 0.3) is 10.9 Å². The Hall–Kier alpha value is -2.73. The number of para-hydroxylation sites is 1. The van der Waals surface area contributed by atoms with Gasteiger partial charge in [0, 0.05) is 24.9 Å². The fraction of sp³-hybridized carbons (Fsp3) is 0.318. The van der Waals surface area contributed by atoms with Crippen LogP contribution in [-0.4, -0.2) is 21.8 Å². The molecule has 0 fully saturated rings. The van der Waals surface area contributed by atoms with Crippen LogP contribution >= 0.6 is 12.2 Å². The molecule has 0 unspecified atom stereocenters. The predicted molar refractivity (Wildman–Crippen MR) is 115 cm³/mol. The van der Waals surface area contributed by atoms with E-state index in [-0.39, 0.29) is 0 Å². The summed E-state index contributed by atoms with van der Waals surface area (Å²) in [6.07, 6.45) is 4.52. The van der Waals surface area contributed by atoms with Gasteiger partial charge in [-0.1, -0.05) is 30.7 Å². The Bertz CT molecular complexity index is 1060. The number of ether oxygens (including phenoxy) is 1. The third-order valence-electron chi connectivity index (χ3n) is 5.05. The van der Waals surface area contributed by atoms with E-state index in [9.17, 15) is 0 Å². The van der Waals surface area contributed by atoms with Crippen LogP contribution in [0.3, 0.4) is 0 Å². The van der Waals surface area contributed by atoms with Gasteiger partial charge in [-0.15, -0.1) is 0 Å². The Balaban J connectivity index is 1.65. The smallest absolute Gasteiger partial charge is 0.195 e. The molecule has 1 aliphatic heterocycles. The number of rotatable bonds is 3. The van der Waals surface area contributed by atoms with Gasteiger partial charge in [0.05, 0.1) is 12.6 Å². The number of hydrogen-bond donors (Lipinski definition) is 1. The van der Waals surface area contributed by atoms with E-state index in [4.69, 9.17) is 26.9 Å². The average Bonchev–Trinajstić information content (AvgIpc) is 2.98. The second-order valence-corrected chi connectivity index (χ2v) is 7.34. The van der Waals surface area contributed by atoms with Gasteiger partial charge in [-0.25, -0.2) is 9.98 Å². The van der Waals surface area contributed by atoms with Gasteiger partial charge in [-0.05, 0) is 54.9 Å². The number of methoxy groups -OCH3 is 1. The van der Waals surface area contributed by atoms with E-state index in [1.54, 1.807) is 7.11 Å². The maximum absolute atomic E-state index is 5.55. The minimum Gasteiger partial charge on any atom is -0.497 e. The number of nitrogens with one attached hydrogen (secondary N) is 1. The lowest BCUT2D eigenvalue weighted by Gasteiger charge is -2.13. The fourth-order valence-corrected chi connectivity index (χ4v) is 3.72. The zero-order chi connectivity index (χ0) is 19.3. The SMILES string of the molecule is COc1ccc(CNC(=S)N=c2c3ccccc3nc3n2CCCCC3)cc1. The number of aryl methyl sites for hydroxylation is 1. The summed E-state index contributed by atoms with van der Waals surface area (Å²) < 4.78 is 7.45. The molecule has 3 aromatic rings. The molecule has 144 valence electrons. The molecular formula is C22H24N4OS. The van der Waals surface area contributed by atoms with E-state index >= 15 is 0 Å². The molecule has 1 aliphatic rings. The van der Waals surface area contributed by atoms with E-state index < -0.39 is 0 Å². The quantitative estimate of drug-likeness (QED) is 0.690. The number of fused-ring (bicyclic) bond motifs is 2. The minimum absolute atomic E-state index is 0.492. The fourth-order valence-electron chi connectivity index (χ4n) is 3.56. The highest BCUT2D eigenvalue weighted by Gasteiger charge is 2.12. The number of nitrogens with zero attached hydrogens (tertiary/aromatic N) is 3. The van der Waals surface area contributed by atoms with Gasteiger partial charge < -0.3 is 14.6 Å². The van der Waals surface area contributed by atoms with Crippen molar-refractivity contribution in [3.8, 4) is 5.75 Å². The van der Waals surface area contributed by atoms with Crippen molar-refractivity contribution >= 4 is 28.2 Å². The van der Waals surface area contributed by atoms with E-state index in [0.29, 0.717) is 11.7 Å². The molecule has 0 saturated heterocycles. The summed E-state index contributed by atoms with van der Waals surface area (Å²) >= 11 is 5.55. The van der Waals surface area contributed by atoms with Gasteiger partial charge in [-0.2, -0.15) is 0 Å². The molecular weight excluding hydrogens is 368 g/mol. The lowest BCUT2D eigenvalue weighted by molar-refractivity contribution is 0.414. The average molecular weight is 393 g/mol. The molecule has 0 atom stereocenters. The Labute approximate surface area is 170 Å². The second kappa shape index (κ2) is 8.52. The van der Waals surface area contributed by atoms with Gasteiger partial charge in [-0.3, -0.25) is 0 Å². The maximum Gasteiger partial charge on any atom is 0.195 e. The first-order valence-electron chi connectivity index (χ1n) is 9.68. The monoisotopic (exact) mass is 392 g/mol. The first-order chi connectivity index (χ1) is 13.7. The maximum atomic E-state index is 5.55. The molecule has 0 spiro atoms. The van der Waals surface area contributed by atoms with Crippen LogP contribution in [0.1, 0.15) is 30.7 Å². The van der Waals surface area contributed by atoms with Gasteiger partial charge in [0.15, 0.2) is 5.11 Å². The van der Waals surface area contributed by atoms with Crippen molar-refractivity contribution in [2.75, 3.05) is 7.11 Å². The molecule has 0 saturated carbocycles. The molecule has 28 heavy (non-hydrogen) atoms. The normalized spacial score (nSPS) is 14.4. The van der Waals surface area contributed by atoms with Crippen LogP contribution in [0.2, 0.25) is 0 Å². The van der Waals surface area contributed by atoms with E-state index in [1.165, 1.54) is 12.8 Å². The summed E-state index contributed by atoms with van der Waals surface area (Å²) in [6.45, 7) is 1.56. The van der Waals surface area contributed by atoms with E-state index in [2.05, 4.69) is 16.0 Å². The molecule has 2 aromatic carbocycles. The molecule has 1 aromatic heterocycles. The van der Waals surface area contributed by atoms with Crippen molar-refractivity contribution in [1.82, 2.24) is 14.9 Å². The minimum atomic E-state index is 0.492. The molecule has 5 nitrogen and oxygen atoms in total. The molecule has 0 amide bonds. The predicted octanol–water partition coefficient (Wildman–Crippen LogP) is 3.75. The van der Waals surface area contributed by atoms with Crippen LogP contribution in [0.15, 0.2) is 53.5 Å². The third kappa shape index (κ3) is 4.07. The highest BCUT2D eigenvalue weighted by atomic mass is 32.1. The summed E-state index contributed by atoms with van der Waals surface area (Å²) in [5, 5.41) is 4.80. The van der Waals surface area contributed by atoms with Crippen LogP contribution in [0, 0.1) is 0 Å². The standard InChI is InChI=1S/C22H24N4OS/c1-27-17-12-10-16(11-13-17)15-23-22(28)25-21-18-7-4-5-8-19(18)24-20-9-3-2-6-14-26(20)21/h4-5,7-8,10-13H,2-3,6,9,14-15H2,1H3,(H,23,28). The van der Waals surface area contributed by atoms with Crippen molar-refractivity contribution in [3.05, 3.63) is 65.4 Å². The summed E-state index contributed by atoms with van der Waals surface area (Å²) in [6, 6.07) is 16.1. The molecule has 2 heterocycles. The molecule has 0 bridgehead atoms. The largest absolute Gasteiger partial charge is 0.497 e. The number of benzene rings is 2. The van der Waals surface area contributed by atoms with Gasteiger partial charge in [0.25, 0.3) is 0 Å². The summed E-state index contributed by atoms with van der Waals surface area (Å²) in [5.41, 5.74) is 3.02. The highest BCUT2D eigenvalue weighted by molar-refractivity contribution is 7.80. The van der Waals surface area contributed by atoms with Crippen LogP contribution in [0.5, 0.6) is 5.75 Å². The Morgan fingerprint density at radius 1 is 1.14 bits per heavy atom. The Kier molecular flexibility index (Phi) is 5.67. The van der Waals surface area contributed by atoms with Gasteiger partial charge >= 0.3 is 0 Å². The van der Waals surface area contributed by atoms with E-state index in [0.717, 1.165) is 52.9 Å². The second-order valence-electron chi connectivity index (χ2n) is 6.95. The summed E-state index contributed by atoms with van der Waals surface area (Å²) in [5.74, 6) is 1.95.